The van der Waals surface area contributed by atoms with E-state index in [-0.39, 0.29) is 11.6 Å². The predicted molar refractivity (Wildman–Crippen MR) is 161 cm³/mol. The van der Waals surface area contributed by atoms with E-state index in [1.807, 2.05) is 84.9 Å². The fourth-order valence-corrected chi connectivity index (χ4v) is 5.48. The Morgan fingerprint density at radius 3 is 2.23 bits per heavy atom. The summed E-state index contributed by atoms with van der Waals surface area (Å²) in [4.78, 5) is 27.0. The van der Waals surface area contributed by atoms with Gasteiger partial charge in [-0.2, -0.15) is 0 Å². The van der Waals surface area contributed by atoms with E-state index in [0.29, 0.717) is 45.9 Å². The number of hydrogen-bond donors (Lipinski definition) is 0. The molecule has 0 aliphatic heterocycles. The molecule has 6 rings (SSSR count). The average Bonchev–Trinajstić information content (AvgIpc) is 3.69. The molecule has 192 valence electrons. The maximum atomic E-state index is 13.9. The quantitative estimate of drug-likeness (QED) is 0.189. The van der Waals surface area contributed by atoms with E-state index in [1.54, 1.807) is 12.3 Å². The molecule has 3 nitrogen and oxygen atoms in total. The van der Waals surface area contributed by atoms with Crippen LogP contribution in [-0.2, 0) is 9.59 Å². The molecular formula is C36H23ClO3. The van der Waals surface area contributed by atoms with Gasteiger partial charge in [0, 0.05) is 45.7 Å². The van der Waals surface area contributed by atoms with Crippen LogP contribution in [0, 0.1) is 12.3 Å². The number of benzene rings is 3. The maximum Gasteiger partial charge on any atom is 0.190 e. The van der Waals surface area contributed by atoms with Crippen molar-refractivity contribution in [1.82, 2.24) is 0 Å². The molecule has 1 aromatic heterocycles. The van der Waals surface area contributed by atoms with Gasteiger partial charge in [-0.15, -0.1) is 6.42 Å². The molecule has 4 aromatic rings. The van der Waals surface area contributed by atoms with Crippen LogP contribution in [-0.4, -0.2) is 11.6 Å². The first-order valence-electron chi connectivity index (χ1n) is 12.8. The highest BCUT2D eigenvalue weighted by atomic mass is 35.5. The highest BCUT2D eigenvalue weighted by molar-refractivity contribution is 6.40. The van der Waals surface area contributed by atoms with Crippen molar-refractivity contribution in [2.24, 2.45) is 0 Å². The minimum atomic E-state index is -0.0856. The highest BCUT2D eigenvalue weighted by Crippen LogP contribution is 2.43. The SMILES string of the molecule is C#Cc1ccc(C2=C(c3ccc(Cl)cc3)C/C(=C/c3cccc(C4=C(c5ccco5)CC(=C)C4=O)c3)C2=O)cc1. The lowest BCUT2D eigenvalue weighted by Crippen LogP contribution is -2.00. The van der Waals surface area contributed by atoms with Crippen molar-refractivity contribution in [2.75, 3.05) is 0 Å². The second kappa shape index (κ2) is 10.3. The molecule has 40 heavy (non-hydrogen) atoms. The second-order valence-corrected chi connectivity index (χ2v) is 10.3. The first kappa shape index (κ1) is 25.4. The molecule has 0 N–H and O–H groups in total. The van der Waals surface area contributed by atoms with Crippen LogP contribution < -0.4 is 0 Å². The van der Waals surface area contributed by atoms with Gasteiger partial charge in [0.15, 0.2) is 11.6 Å². The van der Waals surface area contributed by atoms with E-state index >= 15 is 0 Å². The van der Waals surface area contributed by atoms with Crippen molar-refractivity contribution in [2.45, 2.75) is 12.8 Å². The number of furan rings is 1. The number of carbonyl (C=O) groups excluding carboxylic acids is 2. The van der Waals surface area contributed by atoms with Crippen LogP contribution in [0.25, 0.3) is 28.4 Å². The summed E-state index contributed by atoms with van der Waals surface area (Å²) >= 11 is 6.15. The van der Waals surface area contributed by atoms with E-state index in [1.165, 1.54) is 0 Å². The molecule has 0 unspecified atom stereocenters. The standard InChI is InChI=1S/C36H23ClO3/c1-3-23-9-11-26(12-10-23)33-30(25-13-15-29(37)16-14-25)21-28(36(33)39)20-24-6-4-7-27(19-24)34-31(18-22(2)35(34)38)32-8-5-17-40-32/h1,4-17,19-20H,2,18,21H2/b28-20-. The molecule has 0 atom stereocenters. The van der Waals surface area contributed by atoms with Crippen LogP contribution in [0.5, 0.6) is 0 Å². The summed E-state index contributed by atoms with van der Waals surface area (Å²) in [6.45, 7) is 3.96. The Labute approximate surface area is 237 Å². The third-order valence-corrected chi connectivity index (χ3v) is 7.55. The van der Waals surface area contributed by atoms with Gasteiger partial charge in [-0.05, 0) is 81.9 Å². The van der Waals surface area contributed by atoms with Crippen molar-refractivity contribution >= 4 is 51.5 Å². The monoisotopic (exact) mass is 538 g/mol. The Balaban J connectivity index is 1.41. The predicted octanol–water partition coefficient (Wildman–Crippen LogP) is 8.32. The molecule has 4 heteroatoms. The third kappa shape index (κ3) is 4.60. The first-order chi connectivity index (χ1) is 19.4. The van der Waals surface area contributed by atoms with Gasteiger partial charge in [0.25, 0.3) is 0 Å². The summed E-state index contributed by atoms with van der Waals surface area (Å²) in [5.41, 5.74) is 8.31. The molecule has 0 saturated carbocycles. The molecule has 0 amide bonds. The third-order valence-electron chi connectivity index (χ3n) is 7.30. The number of halogens is 1. The second-order valence-electron chi connectivity index (χ2n) is 9.82. The lowest BCUT2D eigenvalue weighted by Gasteiger charge is -2.07. The van der Waals surface area contributed by atoms with E-state index < -0.39 is 0 Å². The Kier molecular flexibility index (Phi) is 6.56. The van der Waals surface area contributed by atoms with Gasteiger partial charge in [-0.3, -0.25) is 9.59 Å². The average molecular weight is 539 g/mol. The van der Waals surface area contributed by atoms with Crippen molar-refractivity contribution in [1.29, 1.82) is 0 Å². The fourth-order valence-electron chi connectivity index (χ4n) is 5.36. The Bertz CT molecular complexity index is 1820. The van der Waals surface area contributed by atoms with Gasteiger partial charge >= 0.3 is 0 Å². The Morgan fingerprint density at radius 1 is 0.800 bits per heavy atom. The minimum absolute atomic E-state index is 0.0374. The zero-order valence-corrected chi connectivity index (χ0v) is 22.3. The molecule has 2 aliphatic carbocycles. The molecule has 2 aliphatic rings. The summed E-state index contributed by atoms with van der Waals surface area (Å²) in [5, 5.41) is 0.633. The van der Waals surface area contributed by atoms with Gasteiger partial charge in [-0.1, -0.05) is 66.6 Å². The fraction of sp³-hybridized carbons (Fsp3) is 0.0556. The normalized spacial score (nSPS) is 16.4. The van der Waals surface area contributed by atoms with Gasteiger partial charge < -0.3 is 4.42 Å². The van der Waals surface area contributed by atoms with Crippen LogP contribution >= 0.6 is 11.6 Å². The summed E-state index contributed by atoms with van der Waals surface area (Å²) in [6, 6.07) is 26.3. The Hall–Kier alpha value is -4.91. The van der Waals surface area contributed by atoms with E-state index in [2.05, 4.69) is 12.5 Å². The van der Waals surface area contributed by atoms with E-state index in [9.17, 15) is 9.59 Å². The highest BCUT2D eigenvalue weighted by Gasteiger charge is 2.31. The summed E-state index contributed by atoms with van der Waals surface area (Å²) in [5.74, 6) is 3.16. The summed E-state index contributed by atoms with van der Waals surface area (Å²) < 4.78 is 5.61. The van der Waals surface area contributed by atoms with Crippen molar-refractivity contribution in [3.8, 4) is 12.3 Å². The zero-order chi connectivity index (χ0) is 27.8. The number of terminal acetylenes is 1. The molecule has 0 saturated heterocycles. The Morgan fingerprint density at radius 2 is 1.52 bits per heavy atom. The van der Waals surface area contributed by atoms with Gasteiger partial charge in [0.2, 0.25) is 0 Å². The molecule has 1 heterocycles. The van der Waals surface area contributed by atoms with E-state index in [4.69, 9.17) is 22.4 Å². The molecule has 0 radical (unpaired) electrons. The van der Waals surface area contributed by atoms with Crippen LogP contribution in [0.4, 0.5) is 0 Å². The van der Waals surface area contributed by atoms with Crippen LogP contribution in [0.15, 0.2) is 113 Å². The van der Waals surface area contributed by atoms with E-state index in [0.717, 1.165) is 39.0 Å². The first-order valence-corrected chi connectivity index (χ1v) is 13.2. The molecule has 0 fully saturated rings. The van der Waals surface area contributed by atoms with Gasteiger partial charge in [0.1, 0.15) is 5.76 Å². The topological polar surface area (TPSA) is 47.3 Å². The number of Topliss-reactive ketones (excluding diaryl/α,β-unsaturated/α-hetero) is 2. The van der Waals surface area contributed by atoms with Crippen LogP contribution in [0.3, 0.4) is 0 Å². The van der Waals surface area contributed by atoms with Crippen molar-refractivity contribution in [3.05, 3.63) is 148 Å². The van der Waals surface area contributed by atoms with Crippen LogP contribution in [0.1, 0.15) is 46.4 Å². The smallest absolute Gasteiger partial charge is 0.190 e. The number of carbonyl (C=O) groups is 2. The molecule has 0 spiro atoms. The number of hydrogen-bond acceptors (Lipinski definition) is 3. The lowest BCUT2D eigenvalue weighted by atomic mass is 9.96. The number of allylic oxidation sites excluding steroid dienone is 6. The van der Waals surface area contributed by atoms with Crippen LogP contribution in [0.2, 0.25) is 5.02 Å². The van der Waals surface area contributed by atoms with Gasteiger partial charge in [-0.25, -0.2) is 0 Å². The molecule has 0 bridgehead atoms. The number of ketones is 2. The van der Waals surface area contributed by atoms with Gasteiger partial charge in [0.05, 0.1) is 6.26 Å². The molecule has 3 aromatic carbocycles. The molecular weight excluding hydrogens is 516 g/mol. The largest absolute Gasteiger partial charge is 0.465 e. The van der Waals surface area contributed by atoms with Crippen molar-refractivity contribution < 1.29 is 14.0 Å². The maximum absolute atomic E-state index is 13.9. The number of rotatable bonds is 5. The summed E-state index contributed by atoms with van der Waals surface area (Å²) in [6.07, 6.45) is 9.96. The summed E-state index contributed by atoms with van der Waals surface area (Å²) in [7, 11) is 0. The zero-order valence-electron chi connectivity index (χ0n) is 21.5. The minimum Gasteiger partial charge on any atom is -0.465 e. The lowest BCUT2D eigenvalue weighted by molar-refractivity contribution is -0.111. The van der Waals surface area contributed by atoms with Crippen molar-refractivity contribution in [3.63, 3.8) is 0 Å².